The van der Waals surface area contributed by atoms with E-state index < -0.39 is 0 Å². The van der Waals surface area contributed by atoms with Crippen molar-refractivity contribution in [2.45, 2.75) is 46.0 Å². The Balaban J connectivity index is 1.64. The van der Waals surface area contributed by atoms with Gasteiger partial charge in [-0.15, -0.1) is 11.3 Å². The molecule has 3 rings (SSSR count). The summed E-state index contributed by atoms with van der Waals surface area (Å²) in [5, 5.41) is 5.67. The first kappa shape index (κ1) is 18.1. The van der Waals surface area contributed by atoms with Gasteiger partial charge in [0.15, 0.2) is 5.13 Å². The quantitative estimate of drug-likeness (QED) is 0.798. The molecule has 134 valence electrons. The van der Waals surface area contributed by atoms with Crippen molar-refractivity contribution in [2.75, 3.05) is 18.5 Å². The Morgan fingerprint density at radius 2 is 2.00 bits per heavy atom. The number of thiazole rings is 1. The predicted molar refractivity (Wildman–Crippen MR) is 103 cm³/mol. The fourth-order valence-electron chi connectivity index (χ4n) is 2.98. The molecule has 0 radical (unpaired) electrons. The van der Waals surface area contributed by atoms with Gasteiger partial charge in [0.05, 0.1) is 11.1 Å². The summed E-state index contributed by atoms with van der Waals surface area (Å²) in [4.78, 5) is 17.2. The predicted octanol–water partition coefficient (Wildman–Crippen LogP) is 4.91. The molecule has 2 aromatic rings. The van der Waals surface area contributed by atoms with E-state index in [0.29, 0.717) is 18.3 Å². The Morgan fingerprint density at radius 3 is 2.68 bits per heavy atom. The van der Waals surface area contributed by atoms with E-state index in [2.05, 4.69) is 41.5 Å². The van der Waals surface area contributed by atoms with Crippen molar-refractivity contribution in [3.8, 4) is 11.3 Å². The topological polar surface area (TPSA) is 51.2 Å². The number of benzene rings is 1. The number of aryl methyl sites for hydroxylation is 1. The number of amides is 1. The molecule has 0 aliphatic carbocycles. The first-order chi connectivity index (χ1) is 12.1. The fraction of sp³-hybridized carbons (Fsp3) is 0.500. The van der Waals surface area contributed by atoms with Crippen molar-refractivity contribution < 1.29 is 9.53 Å². The van der Waals surface area contributed by atoms with Crippen LogP contribution in [0.3, 0.4) is 0 Å². The number of hydrogen-bond acceptors (Lipinski definition) is 4. The first-order valence-corrected chi connectivity index (χ1v) is 9.93. The first-order valence-electron chi connectivity index (χ1n) is 9.05. The maximum Gasteiger partial charge on any atom is 0.232 e. The number of ether oxygens (including phenoxy) is 1. The van der Waals surface area contributed by atoms with E-state index in [1.165, 1.54) is 29.7 Å². The maximum absolute atomic E-state index is 12.6. The van der Waals surface area contributed by atoms with Gasteiger partial charge in [-0.1, -0.05) is 44.5 Å². The van der Waals surface area contributed by atoms with Gasteiger partial charge in [-0.2, -0.15) is 0 Å². The van der Waals surface area contributed by atoms with Gasteiger partial charge >= 0.3 is 0 Å². The number of nitrogens with zero attached hydrogens (tertiary/aromatic N) is 1. The lowest BCUT2D eigenvalue weighted by Crippen LogP contribution is -2.38. The van der Waals surface area contributed by atoms with Crippen molar-refractivity contribution in [3.05, 3.63) is 35.2 Å². The van der Waals surface area contributed by atoms with Crippen molar-refractivity contribution in [1.29, 1.82) is 0 Å². The zero-order valence-corrected chi connectivity index (χ0v) is 15.8. The molecule has 0 spiro atoms. The molecule has 1 amide bonds. The molecule has 0 bridgehead atoms. The number of anilines is 1. The van der Waals surface area contributed by atoms with Crippen LogP contribution in [0.15, 0.2) is 29.6 Å². The molecule has 1 aromatic heterocycles. The summed E-state index contributed by atoms with van der Waals surface area (Å²) in [6, 6.07) is 8.58. The molecule has 1 saturated heterocycles. The van der Waals surface area contributed by atoms with Crippen LogP contribution in [0.1, 0.15) is 45.1 Å². The highest BCUT2D eigenvalue weighted by atomic mass is 32.1. The number of carbonyl (C=O) groups excluding carboxylic acids is 1. The lowest BCUT2D eigenvalue weighted by Gasteiger charge is -2.31. The minimum atomic E-state index is -0.356. The van der Waals surface area contributed by atoms with Crippen molar-refractivity contribution >= 4 is 22.4 Å². The number of aromatic nitrogens is 1. The molecule has 1 N–H and O–H groups in total. The average molecular weight is 359 g/mol. The van der Waals surface area contributed by atoms with E-state index in [9.17, 15) is 4.79 Å². The highest BCUT2D eigenvalue weighted by Gasteiger charge is 2.35. The Bertz CT molecular complexity index is 703. The number of rotatable bonds is 6. The van der Waals surface area contributed by atoms with E-state index >= 15 is 0 Å². The summed E-state index contributed by atoms with van der Waals surface area (Å²) in [7, 11) is 0. The van der Waals surface area contributed by atoms with Gasteiger partial charge in [-0.25, -0.2) is 4.98 Å². The minimum absolute atomic E-state index is 0.0478. The van der Waals surface area contributed by atoms with Crippen LogP contribution >= 0.6 is 11.3 Å². The highest BCUT2D eigenvalue weighted by molar-refractivity contribution is 7.14. The molecule has 2 heterocycles. The van der Waals surface area contributed by atoms with Crippen LogP contribution in [0.5, 0.6) is 0 Å². The molecule has 0 unspecified atom stereocenters. The van der Waals surface area contributed by atoms with Crippen LogP contribution < -0.4 is 5.32 Å². The van der Waals surface area contributed by atoms with Gasteiger partial charge in [0, 0.05) is 24.2 Å². The van der Waals surface area contributed by atoms with E-state index in [4.69, 9.17) is 4.74 Å². The monoisotopic (exact) mass is 358 g/mol. The maximum atomic E-state index is 12.6. The third-order valence-corrected chi connectivity index (χ3v) is 5.70. The standard InChI is InChI=1S/C20H26N2O2S/c1-3-4-5-15-6-8-16(9-7-15)17-14-25-19(21-17)22-18(23)20(2)10-12-24-13-11-20/h6-9,14H,3-5,10-13H2,1-2H3,(H,21,22,23). The SMILES string of the molecule is CCCCc1ccc(-c2csc(NC(=O)C3(C)CCOCC3)n2)cc1. The minimum Gasteiger partial charge on any atom is -0.381 e. The Labute approximate surface area is 153 Å². The smallest absolute Gasteiger partial charge is 0.232 e. The summed E-state index contributed by atoms with van der Waals surface area (Å²) in [5.41, 5.74) is 3.01. The molecular formula is C20H26N2O2S. The average Bonchev–Trinajstić information content (AvgIpc) is 3.09. The van der Waals surface area contributed by atoms with Crippen molar-refractivity contribution in [2.24, 2.45) is 5.41 Å². The summed E-state index contributed by atoms with van der Waals surface area (Å²) in [5.74, 6) is 0.0478. The lowest BCUT2D eigenvalue weighted by atomic mass is 9.81. The van der Waals surface area contributed by atoms with Gasteiger partial charge in [-0.05, 0) is 31.2 Å². The second-order valence-corrected chi connectivity index (χ2v) is 7.82. The largest absolute Gasteiger partial charge is 0.381 e. The molecule has 4 nitrogen and oxygen atoms in total. The molecular weight excluding hydrogens is 332 g/mol. The second kappa shape index (κ2) is 8.11. The van der Waals surface area contributed by atoms with Crippen molar-refractivity contribution in [1.82, 2.24) is 4.98 Å². The van der Waals surface area contributed by atoms with Gasteiger partial charge in [-0.3, -0.25) is 4.79 Å². The normalized spacial score (nSPS) is 16.6. The van der Waals surface area contributed by atoms with Crippen LogP contribution in [-0.4, -0.2) is 24.1 Å². The third kappa shape index (κ3) is 4.47. The number of unbranched alkanes of at least 4 members (excludes halogenated alkanes) is 1. The van der Waals surface area contributed by atoms with Gasteiger partial charge in [0.25, 0.3) is 0 Å². The molecule has 1 aromatic carbocycles. The van der Waals surface area contributed by atoms with E-state index in [0.717, 1.165) is 30.5 Å². The molecule has 1 aliphatic rings. The number of hydrogen-bond donors (Lipinski definition) is 1. The van der Waals surface area contributed by atoms with E-state index in [1.54, 1.807) is 0 Å². The van der Waals surface area contributed by atoms with Crippen LogP contribution in [-0.2, 0) is 16.0 Å². The molecule has 25 heavy (non-hydrogen) atoms. The highest BCUT2D eigenvalue weighted by Crippen LogP contribution is 2.32. The summed E-state index contributed by atoms with van der Waals surface area (Å²) < 4.78 is 5.37. The molecule has 1 fully saturated rings. The van der Waals surface area contributed by atoms with Gasteiger partial charge < -0.3 is 10.1 Å². The summed E-state index contributed by atoms with van der Waals surface area (Å²) in [6.07, 6.45) is 5.07. The van der Waals surface area contributed by atoms with Gasteiger partial charge in [0.1, 0.15) is 0 Å². The summed E-state index contributed by atoms with van der Waals surface area (Å²) >= 11 is 1.48. The molecule has 1 aliphatic heterocycles. The van der Waals surface area contributed by atoms with E-state index in [1.807, 2.05) is 12.3 Å². The van der Waals surface area contributed by atoms with E-state index in [-0.39, 0.29) is 11.3 Å². The third-order valence-electron chi connectivity index (χ3n) is 4.94. The number of carbonyl (C=O) groups is 1. The summed E-state index contributed by atoms with van der Waals surface area (Å²) in [6.45, 7) is 5.52. The van der Waals surface area contributed by atoms with Crippen LogP contribution in [0, 0.1) is 5.41 Å². The molecule has 0 saturated carbocycles. The Kier molecular flexibility index (Phi) is 5.86. The van der Waals surface area contributed by atoms with Crippen molar-refractivity contribution in [3.63, 3.8) is 0 Å². The lowest BCUT2D eigenvalue weighted by molar-refractivity contribution is -0.129. The zero-order chi connectivity index (χ0) is 17.7. The van der Waals surface area contributed by atoms with Crippen LogP contribution in [0.4, 0.5) is 5.13 Å². The van der Waals surface area contributed by atoms with Crippen LogP contribution in [0.2, 0.25) is 0 Å². The Hall–Kier alpha value is -1.72. The Morgan fingerprint density at radius 1 is 1.28 bits per heavy atom. The number of nitrogens with one attached hydrogen (secondary N) is 1. The molecule has 0 atom stereocenters. The molecule has 5 heteroatoms. The van der Waals surface area contributed by atoms with Crippen LogP contribution in [0.25, 0.3) is 11.3 Å². The fourth-order valence-corrected chi connectivity index (χ4v) is 3.70. The van der Waals surface area contributed by atoms with Gasteiger partial charge in [0.2, 0.25) is 5.91 Å². The zero-order valence-electron chi connectivity index (χ0n) is 15.0. The second-order valence-electron chi connectivity index (χ2n) is 6.97.